The van der Waals surface area contributed by atoms with Crippen LogP contribution < -0.4 is 39.9 Å². The molecule has 0 amide bonds. The topological polar surface area (TPSA) is 107 Å². The lowest BCUT2D eigenvalue weighted by atomic mass is 10.3. The van der Waals surface area contributed by atoms with Gasteiger partial charge in [0, 0.05) is 11.4 Å². The van der Waals surface area contributed by atoms with Crippen molar-refractivity contribution >= 4 is 11.4 Å². The molecule has 4 N–H and O–H groups in total. The lowest BCUT2D eigenvalue weighted by Gasteiger charge is -2.13. The van der Waals surface area contributed by atoms with Gasteiger partial charge in [0.05, 0.1) is 0 Å². The minimum absolute atomic E-state index is 0.569. The molecule has 0 unspecified atom stereocenters. The number of hydrogen-bond acceptors (Lipinski definition) is 8. The molecule has 0 bridgehead atoms. The Morgan fingerprint density at radius 3 is 0.620 bits per heavy atom. The van der Waals surface area contributed by atoms with E-state index in [0.29, 0.717) is 80.4 Å². The van der Waals surface area contributed by atoms with Crippen molar-refractivity contribution in [3.8, 4) is 69.0 Å². The summed E-state index contributed by atoms with van der Waals surface area (Å²) in [6.45, 7) is 0. The van der Waals surface area contributed by atoms with Crippen molar-refractivity contribution in [3.63, 3.8) is 0 Å². The maximum atomic E-state index is 6.18. The maximum absolute atomic E-state index is 6.18. The molecule has 0 saturated heterocycles. The smallest absolute Gasteiger partial charge is 0.169 e. The summed E-state index contributed by atoms with van der Waals surface area (Å²) < 4.78 is 36.1. The van der Waals surface area contributed by atoms with E-state index < -0.39 is 0 Å². The van der Waals surface area contributed by atoms with Crippen molar-refractivity contribution in [2.45, 2.75) is 0 Å². The van der Waals surface area contributed by atoms with Crippen molar-refractivity contribution < 1.29 is 28.4 Å². The molecular formula is C42H32N2O6. The molecule has 0 aliphatic rings. The van der Waals surface area contributed by atoms with Gasteiger partial charge >= 0.3 is 0 Å². The molecular weight excluding hydrogens is 628 g/mol. The minimum atomic E-state index is 0.569. The molecule has 8 heteroatoms. The third-order valence-corrected chi connectivity index (χ3v) is 7.30. The summed E-state index contributed by atoms with van der Waals surface area (Å²) in [7, 11) is 0. The van der Waals surface area contributed by atoms with Crippen LogP contribution in [0.5, 0.6) is 69.0 Å². The molecule has 246 valence electrons. The van der Waals surface area contributed by atoms with Crippen LogP contribution in [0.4, 0.5) is 11.4 Å². The zero-order chi connectivity index (χ0) is 34.1. The van der Waals surface area contributed by atoms with Gasteiger partial charge < -0.3 is 39.9 Å². The number of hydrogen-bond donors (Lipinski definition) is 2. The van der Waals surface area contributed by atoms with Gasteiger partial charge in [-0.2, -0.15) is 0 Å². The third kappa shape index (κ3) is 8.44. The van der Waals surface area contributed by atoms with Crippen LogP contribution in [0.2, 0.25) is 0 Å². The first kappa shape index (κ1) is 31.5. The average Bonchev–Trinajstić information content (AvgIpc) is 3.14. The largest absolute Gasteiger partial charge is 0.457 e. The Balaban J connectivity index is 0.922. The number of nitrogen functional groups attached to an aromatic ring is 2. The first-order valence-corrected chi connectivity index (χ1v) is 15.8. The van der Waals surface area contributed by atoms with Crippen molar-refractivity contribution in [1.82, 2.24) is 0 Å². The molecule has 0 radical (unpaired) electrons. The van der Waals surface area contributed by atoms with Crippen molar-refractivity contribution in [2.24, 2.45) is 0 Å². The number of anilines is 2. The fourth-order valence-corrected chi connectivity index (χ4v) is 4.79. The zero-order valence-electron chi connectivity index (χ0n) is 26.8. The molecule has 0 heterocycles. The Kier molecular flexibility index (Phi) is 9.33. The van der Waals surface area contributed by atoms with Gasteiger partial charge in [-0.25, -0.2) is 0 Å². The van der Waals surface area contributed by atoms with Crippen LogP contribution in [0, 0.1) is 0 Å². The van der Waals surface area contributed by atoms with Crippen LogP contribution in [-0.4, -0.2) is 0 Å². The van der Waals surface area contributed by atoms with E-state index in [0.717, 1.165) is 0 Å². The van der Waals surface area contributed by atoms with Crippen LogP contribution in [0.25, 0.3) is 0 Å². The van der Waals surface area contributed by atoms with E-state index in [4.69, 9.17) is 39.9 Å². The quantitative estimate of drug-likeness (QED) is 0.125. The number of nitrogens with two attached hydrogens (primary N) is 2. The number of rotatable bonds is 12. The summed E-state index contributed by atoms with van der Waals surface area (Å²) in [5.74, 6) is 7.90. The predicted molar refractivity (Wildman–Crippen MR) is 194 cm³/mol. The molecule has 0 aliphatic carbocycles. The Morgan fingerprint density at radius 2 is 0.400 bits per heavy atom. The Bertz CT molecular complexity index is 1980. The second-order valence-corrected chi connectivity index (χ2v) is 11.1. The highest BCUT2D eigenvalue weighted by Crippen LogP contribution is 2.37. The molecule has 8 nitrogen and oxygen atoms in total. The summed E-state index contributed by atoms with van der Waals surface area (Å²) in [6, 6.07) is 51.5. The molecule has 0 aliphatic heterocycles. The molecule has 0 aromatic heterocycles. The number of ether oxygens (including phenoxy) is 6. The summed E-state index contributed by atoms with van der Waals surface area (Å²) in [6.07, 6.45) is 0. The molecule has 7 aromatic carbocycles. The van der Waals surface area contributed by atoms with Gasteiger partial charge in [-0.3, -0.25) is 0 Å². The predicted octanol–water partition coefficient (Wildman–Crippen LogP) is 11.6. The van der Waals surface area contributed by atoms with E-state index in [-0.39, 0.29) is 0 Å². The fourth-order valence-electron chi connectivity index (χ4n) is 4.79. The lowest BCUT2D eigenvalue weighted by Crippen LogP contribution is -1.91. The second-order valence-electron chi connectivity index (χ2n) is 11.1. The van der Waals surface area contributed by atoms with Crippen LogP contribution in [0.15, 0.2) is 170 Å². The first-order chi connectivity index (χ1) is 24.5. The van der Waals surface area contributed by atoms with E-state index in [1.165, 1.54) is 0 Å². The van der Waals surface area contributed by atoms with Gasteiger partial charge in [0.15, 0.2) is 11.5 Å². The number of para-hydroxylation sites is 2. The standard InChI is InChI=1S/C42H32N2O6/c43-29-5-9-31(10-6-29)45-33-13-17-35(18-14-33)47-37-21-25-39(26-22-37)49-41-3-1-2-4-42(41)50-40-27-23-38(24-28-40)48-36-19-15-34(16-20-36)46-32-11-7-30(44)8-12-32/h1-28H,43-44H2. The summed E-state index contributed by atoms with van der Waals surface area (Å²) in [5, 5.41) is 0. The fraction of sp³-hybridized carbons (Fsp3) is 0. The minimum Gasteiger partial charge on any atom is -0.457 e. The highest BCUT2D eigenvalue weighted by Gasteiger charge is 2.09. The normalized spacial score (nSPS) is 10.6. The maximum Gasteiger partial charge on any atom is 0.169 e. The molecule has 0 atom stereocenters. The van der Waals surface area contributed by atoms with E-state index in [1.807, 2.05) is 146 Å². The second kappa shape index (κ2) is 14.8. The summed E-state index contributed by atoms with van der Waals surface area (Å²) in [4.78, 5) is 0. The van der Waals surface area contributed by atoms with Crippen LogP contribution >= 0.6 is 0 Å². The van der Waals surface area contributed by atoms with Crippen molar-refractivity contribution in [1.29, 1.82) is 0 Å². The summed E-state index contributed by atoms with van der Waals surface area (Å²) >= 11 is 0. The van der Waals surface area contributed by atoms with Crippen molar-refractivity contribution in [2.75, 3.05) is 11.5 Å². The van der Waals surface area contributed by atoms with E-state index in [1.54, 1.807) is 24.3 Å². The Labute approximate surface area is 289 Å². The third-order valence-electron chi connectivity index (χ3n) is 7.30. The van der Waals surface area contributed by atoms with Crippen LogP contribution in [0.1, 0.15) is 0 Å². The first-order valence-electron chi connectivity index (χ1n) is 15.8. The lowest BCUT2D eigenvalue weighted by molar-refractivity contribution is 0.416. The molecule has 50 heavy (non-hydrogen) atoms. The molecule has 7 aromatic rings. The molecule has 0 fully saturated rings. The Hall–Kier alpha value is -7.06. The monoisotopic (exact) mass is 660 g/mol. The van der Waals surface area contributed by atoms with Crippen LogP contribution in [0.3, 0.4) is 0 Å². The van der Waals surface area contributed by atoms with Gasteiger partial charge in [-0.15, -0.1) is 0 Å². The van der Waals surface area contributed by atoms with E-state index in [9.17, 15) is 0 Å². The molecule has 0 spiro atoms. The number of benzene rings is 7. The SMILES string of the molecule is Nc1ccc(Oc2ccc(Oc3ccc(Oc4ccccc4Oc4ccc(Oc5ccc(Oc6ccc(N)cc6)cc5)cc4)cc3)cc2)cc1. The summed E-state index contributed by atoms with van der Waals surface area (Å²) in [5.41, 5.74) is 12.9. The molecule has 7 rings (SSSR count). The highest BCUT2D eigenvalue weighted by atomic mass is 16.5. The Morgan fingerprint density at radius 1 is 0.220 bits per heavy atom. The van der Waals surface area contributed by atoms with Gasteiger partial charge in [0.1, 0.15) is 57.5 Å². The average molecular weight is 661 g/mol. The van der Waals surface area contributed by atoms with E-state index >= 15 is 0 Å². The van der Waals surface area contributed by atoms with E-state index in [2.05, 4.69) is 0 Å². The highest BCUT2D eigenvalue weighted by molar-refractivity contribution is 5.48. The van der Waals surface area contributed by atoms with Gasteiger partial charge in [-0.1, -0.05) is 12.1 Å². The zero-order valence-corrected chi connectivity index (χ0v) is 26.8. The van der Waals surface area contributed by atoms with Crippen molar-refractivity contribution in [3.05, 3.63) is 170 Å². The molecule has 0 saturated carbocycles. The van der Waals surface area contributed by atoms with Gasteiger partial charge in [0.2, 0.25) is 0 Å². The van der Waals surface area contributed by atoms with Gasteiger partial charge in [-0.05, 0) is 158 Å². The van der Waals surface area contributed by atoms with Gasteiger partial charge in [0.25, 0.3) is 0 Å². The van der Waals surface area contributed by atoms with Crippen LogP contribution in [-0.2, 0) is 0 Å².